The molecule has 5 N–H and O–H groups in total. The molecule has 2 aliphatic heterocycles. The number of nitrogens with zero attached hydrogens (tertiary/aromatic N) is 4. The number of pyridine rings is 1. The van der Waals surface area contributed by atoms with Gasteiger partial charge in [0.2, 0.25) is 0 Å². The molecule has 350 valence electrons. The monoisotopic (exact) mass is 940 g/mol. The molecule has 2 aromatic carbocycles. The Balaban J connectivity index is 1.21. The van der Waals surface area contributed by atoms with E-state index in [1.807, 2.05) is 0 Å². The fourth-order valence-corrected chi connectivity index (χ4v) is 9.06. The average molecular weight is 941 g/mol. The van der Waals surface area contributed by atoms with Gasteiger partial charge in [-0.15, -0.1) is 0 Å². The molecule has 0 unspecified atom stereocenters. The second kappa shape index (κ2) is 23.6. The minimum absolute atomic E-state index is 0.0110. The van der Waals surface area contributed by atoms with Gasteiger partial charge in [-0.3, -0.25) is 30.3 Å². The molecule has 0 aliphatic carbocycles. The fraction of sp³-hybridized carbons (Fsp3) is 0.419. The van der Waals surface area contributed by atoms with Crippen LogP contribution in [-0.2, 0) is 4.74 Å². The Morgan fingerprint density at radius 2 is 1.38 bits per heavy atom. The zero-order valence-electron chi connectivity index (χ0n) is 36.1. The van der Waals surface area contributed by atoms with Crippen LogP contribution in [0.25, 0.3) is 0 Å². The summed E-state index contributed by atoms with van der Waals surface area (Å²) in [5.41, 5.74) is 1.52. The summed E-state index contributed by atoms with van der Waals surface area (Å²) in [4.78, 5) is 70.2. The van der Waals surface area contributed by atoms with Crippen molar-refractivity contribution in [3.05, 3.63) is 88.1 Å². The number of aliphatic hydroxyl groups is 2. The number of rotatable bonds is 22. The summed E-state index contributed by atoms with van der Waals surface area (Å²) in [6, 6.07) is 7.50. The number of benzene rings is 2. The second-order valence-electron chi connectivity index (χ2n) is 15.0. The molecule has 2 fully saturated rings. The molecule has 3 aromatic rings. The molecule has 0 spiro atoms. The maximum Gasteiger partial charge on any atom is 0.411 e. The van der Waals surface area contributed by atoms with Gasteiger partial charge in [-0.2, -0.15) is 0 Å². The number of hydrogen-bond acceptors (Lipinski definition) is 16. The van der Waals surface area contributed by atoms with Crippen LogP contribution in [0.4, 0.5) is 26.7 Å². The van der Waals surface area contributed by atoms with Gasteiger partial charge in [-0.05, 0) is 68.0 Å². The minimum atomic E-state index is -1.39. The Morgan fingerprint density at radius 1 is 0.862 bits per heavy atom. The topological polar surface area (TPSA) is 262 Å². The highest BCUT2D eigenvalue weighted by molar-refractivity contribution is 8.77. The summed E-state index contributed by atoms with van der Waals surface area (Å²) in [6.45, 7) is 9.82. The Hall–Kier alpha value is -6.23. The SMILES string of the molecule is C=C1C[C@@H](CO)N(C(=O)c2cc(OC)c(OCCCCCOc3cc(NC(=O)OC[C@@H](C)SSc4ncccc4[N+](=O)[O-])c(C(=O)N4CC(=C)C[C@H]4CO)cc3OC)cc2NC(=O)O)C1. The predicted molar refractivity (Wildman–Crippen MR) is 243 cm³/mol. The first-order chi connectivity index (χ1) is 31.2. The van der Waals surface area contributed by atoms with Gasteiger partial charge in [0, 0.05) is 42.7 Å². The average Bonchev–Trinajstić information content (AvgIpc) is 3.87. The van der Waals surface area contributed by atoms with Crippen molar-refractivity contribution < 1.29 is 63.1 Å². The molecule has 2 saturated heterocycles. The zero-order valence-corrected chi connectivity index (χ0v) is 37.7. The number of likely N-dealkylation sites (tertiary alicyclic amines) is 2. The molecule has 2 aliphatic rings. The van der Waals surface area contributed by atoms with E-state index in [4.69, 9.17) is 23.7 Å². The number of nitrogens with one attached hydrogen (secondary N) is 2. The normalized spacial score (nSPS) is 16.2. The third-order valence-corrected chi connectivity index (χ3v) is 13.0. The van der Waals surface area contributed by atoms with Crippen LogP contribution in [0, 0.1) is 10.1 Å². The largest absolute Gasteiger partial charge is 0.493 e. The van der Waals surface area contributed by atoms with Gasteiger partial charge in [0.15, 0.2) is 28.0 Å². The lowest BCUT2D eigenvalue weighted by Gasteiger charge is -2.25. The van der Waals surface area contributed by atoms with Crippen molar-refractivity contribution in [2.24, 2.45) is 0 Å². The van der Waals surface area contributed by atoms with E-state index < -0.39 is 41.0 Å². The van der Waals surface area contributed by atoms with E-state index in [0.29, 0.717) is 32.1 Å². The highest BCUT2D eigenvalue weighted by Gasteiger charge is 2.35. The van der Waals surface area contributed by atoms with Gasteiger partial charge < -0.3 is 48.8 Å². The molecule has 20 nitrogen and oxygen atoms in total. The van der Waals surface area contributed by atoms with E-state index in [9.17, 15) is 44.6 Å². The van der Waals surface area contributed by atoms with E-state index in [0.717, 1.165) is 21.9 Å². The van der Waals surface area contributed by atoms with E-state index in [-0.39, 0.29) is 108 Å². The zero-order chi connectivity index (χ0) is 47.2. The molecule has 65 heavy (non-hydrogen) atoms. The summed E-state index contributed by atoms with van der Waals surface area (Å²) in [7, 11) is 5.11. The number of ether oxygens (including phenoxy) is 5. The summed E-state index contributed by atoms with van der Waals surface area (Å²) in [5.74, 6) is -0.147. The number of carbonyl (C=O) groups is 4. The number of aliphatic hydroxyl groups excluding tert-OH is 2. The molecule has 1 aromatic heterocycles. The van der Waals surface area contributed by atoms with Crippen molar-refractivity contribution in [3.8, 4) is 23.0 Å². The Kier molecular flexibility index (Phi) is 18.1. The van der Waals surface area contributed by atoms with E-state index in [1.54, 1.807) is 6.92 Å². The predicted octanol–water partition coefficient (Wildman–Crippen LogP) is 6.63. The van der Waals surface area contributed by atoms with Gasteiger partial charge in [0.25, 0.3) is 11.8 Å². The van der Waals surface area contributed by atoms with Crippen LogP contribution in [0.3, 0.4) is 0 Å². The molecule has 0 radical (unpaired) electrons. The van der Waals surface area contributed by atoms with E-state index >= 15 is 0 Å². The molecular weight excluding hydrogens is 889 g/mol. The highest BCUT2D eigenvalue weighted by atomic mass is 33.1. The number of aromatic nitrogens is 1. The fourth-order valence-electron chi connectivity index (χ4n) is 7.03. The van der Waals surface area contributed by atoms with Gasteiger partial charge >= 0.3 is 17.9 Å². The Bertz CT molecular complexity index is 2260. The number of unbranched alkanes of at least 4 members (excludes halogenated alkanes) is 2. The maximum atomic E-state index is 14.0. The third kappa shape index (κ3) is 13.2. The van der Waals surface area contributed by atoms with Crippen molar-refractivity contribution in [3.63, 3.8) is 0 Å². The maximum absolute atomic E-state index is 14.0. The molecule has 22 heteroatoms. The minimum Gasteiger partial charge on any atom is -0.493 e. The van der Waals surface area contributed by atoms with Gasteiger partial charge in [0.1, 0.15) is 6.61 Å². The number of amides is 4. The van der Waals surface area contributed by atoms with Gasteiger partial charge in [-0.1, -0.05) is 35.1 Å². The van der Waals surface area contributed by atoms with E-state index in [1.165, 1.54) is 77.4 Å². The van der Waals surface area contributed by atoms with Gasteiger partial charge in [-0.25, -0.2) is 14.6 Å². The van der Waals surface area contributed by atoms with Crippen molar-refractivity contribution in [2.75, 3.05) is 71.0 Å². The van der Waals surface area contributed by atoms with Crippen molar-refractivity contribution in [1.82, 2.24) is 14.8 Å². The van der Waals surface area contributed by atoms with Crippen LogP contribution < -0.4 is 29.6 Å². The number of anilines is 2. The molecular formula is C43H52N6O14S2. The van der Waals surface area contributed by atoms with Crippen LogP contribution in [-0.4, -0.2) is 137 Å². The molecule has 4 amide bonds. The van der Waals surface area contributed by atoms with Crippen molar-refractivity contribution in [1.29, 1.82) is 0 Å². The number of carboxylic acid groups (broad SMARTS) is 1. The number of nitro groups is 1. The molecule has 0 saturated carbocycles. The number of methoxy groups -OCH3 is 2. The van der Waals surface area contributed by atoms with Crippen LogP contribution in [0.1, 0.15) is 59.7 Å². The van der Waals surface area contributed by atoms with Gasteiger partial charge in [0.05, 0.1) is 80.2 Å². The first-order valence-electron chi connectivity index (χ1n) is 20.4. The summed E-state index contributed by atoms with van der Waals surface area (Å²) in [5, 5.41) is 45.5. The first-order valence-corrected chi connectivity index (χ1v) is 22.6. The standard InChI is InChI=1S/C43H52N6O14S2/c1-25-14-28(22-50)47(20-25)40(52)30-16-35(59-4)37(18-32(30)45-42(54)55)61-12-7-6-8-13-62-38-19-33(31(17-36(38)60-5)41(53)48-21-26(2)15-29(48)23-51)46-43(56)63-24-27(3)64-65-39-34(49(57)58)10-9-11-44-39/h9-11,16-19,27-29,45,50-51H,1-2,6-8,12-15,20-24H2,3-5H3,(H,46,56)(H,54,55)/t27-,28+,29+/m1/s1. The van der Waals surface area contributed by atoms with Crippen LogP contribution >= 0.6 is 21.6 Å². The smallest absolute Gasteiger partial charge is 0.411 e. The summed E-state index contributed by atoms with van der Waals surface area (Å²) in [6.07, 6.45) is 1.71. The quantitative estimate of drug-likeness (QED) is 0.0233. The molecule has 0 bridgehead atoms. The molecule has 3 heterocycles. The second-order valence-corrected chi connectivity index (χ2v) is 17.7. The third-order valence-electron chi connectivity index (χ3n) is 10.2. The number of hydrogen-bond donors (Lipinski definition) is 5. The van der Waals surface area contributed by atoms with Crippen LogP contribution in [0.2, 0.25) is 0 Å². The molecule has 5 rings (SSSR count). The van der Waals surface area contributed by atoms with E-state index in [2.05, 4.69) is 28.8 Å². The summed E-state index contributed by atoms with van der Waals surface area (Å²) >= 11 is 0. The van der Waals surface area contributed by atoms with Crippen LogP contribution in [0.15, 0.2) is 71.9 Å². The van der Waals surface area contributed by atoms with Crippen molar-refractivity contribution in [2.45, 2.75) is 61.4 Å². The molecule has 3 atom stereocenters. The Morgan fingerprint density at radius 3 is 1.86 bits per heavy atom. The lowest BCUT2D eigenvalue weighted by Crippen LogP contribution is -2.38. The number of carbonyl (C=O) groups excluding carboxylic acids is 3. The lowest BCUT2D eigenvalue weighted by molar-refractivity contribution is -0.388. The van der Waals surface area contributed by atoms with Crippen LogP contribution in [0.5, 0.6) is 23.0 Å². The Labute approximate surface area is 382 Å². The van der Waals surface area contributed by atoms with Crippen molar-refractivity contribution >= 4 is 62.7 Å². The summed E-state index contributed by atoms with van der Waals surface area (Å²) < 4.78 is 28.6. The highest BCUT2D eigenvalue weighted by Crippen LogP contribution is 2.40. The lowest BCUT2D eigenvalue weighted by atomic mass is 10.1. The first kappa shape index (κ1) is 49.8.